The topological polar surface area (TPSA) is 70.0 Å². The normalized spacial score (nSPS) is 11.3. The predicted octanol–water partition coefficient (Wildman–Crippen LogP) is 3.98. The third-order valence-electron chi connectivity index (χ3n) is 3.62. The highest BCUT2D eigenvalue weighted by molar-refractivity contribution is 7.89. The molecule has 122 valence electrons. The summed E-state index contributed by atoms with van der Waals surface area (Å²) in [7, 11) is -3.58. The Kier molecular flexibility index (Phi) is 8.79. The van der Waals surface area contributed by atoms with Gasteiger partial charge in [0.2, 0.25) is 10.0 Å². The van der Waals surface area contributed by atoms with Crippen LogP contribution in [-0.4, -0.2) is 15.0 Å². The number of sulfonamides is 1. The molecule has 0 fully saturated rings. The molecule has 0 heterocycles. The second-order valence-electron chi connectivity index (χ2n) is 5.48. The molecule has 0 saturated heterocycles. The summed E-state index contributed by atoms with van der Waals surface area (Å²) < 4.78 is 26.9. The number of benzene rings is 1. The van der Waals surface area contributed by atoms with Gasteiger partial charge in [0.05, 0.1) is 10.5 Å². The molecule has 1 rings (SSSR count). The lowest BCUT2D eigenvalue weighted by Gasteiger charge is -2.08. The molecule has 4 nitrogen and oxygen atoms in total. The summed E-state index contributed by atoms with van der Waals surface area (Å²) in [5.41, 5.74) is 0.186. The zero-order valence-corrected chi connectivity index (χ0v) is 14.2. The van der Waals surface area contributed by atoms with Gasteiger partial charge in [0.1, 0.15) is 6.07 Å². The molecule has 0 aliphatic carbocycles. The van der Waals surface area contributed by atoms with Crippen molar-refractivity contribution in [2.24, 2.45) is 0 Å². The Morgan fingerprint density at radius 1 is 1.00 bits per heavy atom. The molecule has 22 heavy (non-hydrogen) atoms. The highest BCUT2D eigenvalue weighted by Crippen LogP contribution is 2.14. The van der Waals surface area contributed by atoms with Crippen LogP contribution in [0.5, 0.6) is 0 Å². The number of unbranched alkanes of at least 4 members (excludes halogenated alkanes) is 7. The lowest BCUT2D eigenvalue weighted by Crippen LogP contribution is -2.25. The fraction of sp³-hybridized carbons (Fsp3) is 0.588. The van der Waals surface area contributed by atoms with Crippen LogP contribution in [0.4, 0.5) is 0 Å². The van der Waals surface area contributed by atoms with E-state index in [2.05, 4.69) is 11.6 Å². The van der Waals surface area contributed by atoms with E-state index in [4.69, 9.17) is 5.26 Å². The van der Waals surface area contributed by atoms with Crippen LogP contribution in [0.2, 0.25) is 0 Å². The van der Waals surface area contributed by atoms with E-state index in [-0.39, 0.29) is 10.5 Å². The largest absolute Gasteiger partial charge is 0.241 e. The first-order valence-corrected chi connectivity index (χ1v) is 9.59. The van der Waals surface area contributed by atoms with Gasteiger partial charge >= 0.3 is 0 Å². The third kappa shape index (κ3) is 6.59. The maximum atomic E-state index is 12.2. The highest BCUT2D eigenvalue weighted by atomic mass is 32.2. The maximum absolute atomic E-state index is 12.2. The van der Waals surface area contributed by atoms with Crippen molar-refractivity contribution in [3.63, 3.8) is 0 Å². The second kappa shape index (κ2) is 10.4. The van der Waals surface area contributed by atoms with Crippen molar-refractivity contribution >= 4 is 10.0 Å². The molecule has 0 atom stereocenters. The minimum absolute atomic E-state index is 0.0667. The van der Waals surface area contributed by atoms with Crippen molar-refractivity contribution in [3.05, 3.63) is 29.8 Å². The van der Waals surface area contributed by atoms with Crippen molar-refractivity contribution in [1.82, 2.24) is 4.72 Å². The van der Waals surface area contributed by atoms with E-state index in [1.165, 1.54) is 44.2 Å². The lowest BCUT2D eigenvalue weighted by atomic mass is 10.1. The summed E-state index contributed by atoms with van der Waals surface area (Å²) in [5.74, 6) is 0. The maximum Gasteiger partial charge on any atom is 0.241 e. The zero-order chi connectivity index (χ0) is 16.3. The molecule has 0 bridgehead atoms. The number of hydrogen-bond donors (Lipinski definition) is 1. The average molecular weight is 322 g/mol. The molecule has 5 heteroatoms. The molecule has 1 aromatic rings. The standard InChI is InChI=1S/C17H26N2O2S/c1-2-3-4-5-6-7-8-11-14-19-22(20,21)17-13-10-9-12-16(17)15-18/h9-10,12-13,19H,2-8,11,14H2,1H3. The van der Waals surface area contributed by atoms with Crippen molar-refractivity contribution in [2.45, 2.75) is 63.2 Å². The van der Waals surface area contributed by atoms with Crippen molar-refractivity contribution in [2.75, 3.05) is 6.54 Å². The molecule has 1 aromatic carbocycles. The smallest absolute Gasteiger partial charge is 0.211 e. The molecule has 0 amide bonds. The minimum Gasteiger partial charge on any atom is -0.211 e. The summed E-state index contributed by atoms with van der Waals surface area (Å²) in [6.45, 7) is 2.63. The number of hydrogen-bond acceptors (Lipinski definition) is 3. The molecule has 0 saturated carbocycles. The monoisotopic (exact) mass is 322 g/mol. The second-order valence-corrected chi connectivity index (χ2v) is 7.22. The summed E-state index contributed by atoms with van der Waals surface area (Å²) in [6, 6.07) is 8.20. The number of nitrogens with zero attached hydrogens (tertiary/aromatic N) is 1. The van der Waals surface area contributed by atoms with Crippen molar-refractivity contribution in [1.29, 1.82) is 5.26 Å². The first-order valence-electron chi connectivity index (χ1n) is 8.10. The van der Waals surface area contributed by atoms with Crippen LogP contribution in [0, 0.1) is 11.3 Å². The van der Waals surface area contributed by atoms with E-state index in [1.807, 2.05) is 6.07 Å². The van der Waals surface area contributed by atoms with Crippen LogP contribution in [0.3, 0.4) is 0 Å². The van der Waals surface area contributed by atoms with E-state index in [9.17, 15) is 8.42 Å². The summed E-state index contributed by atoms with van der Waals surface area (Å²) in [5, 5.41) is 8.97. The molecule has 0 radical (unpaired) electrons. The van der Waals surface area contributed by atoms with Crippen LogP contribution in [0.1, 0.15) is 63.9 Å². The number of rotatable bonds is 11. The Hall–Kier alpha value is -1.38. The van der Waals surface area contributed by atoms with Gasteiger partial charge in [-0.1, -0.05) is 64.0 Å². The summed E-state index contributed by atoms with van der Waals surface area (Å²) in [6.07, 6.45) is 9.38. The van der Waals surface area contributed by atoms with Gasteiger partial charge in [-0.05, 0) is 18.6 Å². The Bertz CT molecular complexity index is 577. The SMILES string of the molecule is CCCCCCCCCCNS(=O)(=O)c1ccccc1C#N. The third-order valence-corrected chi connectivity index (χ3v) is 5.14. The van der Waals surface area contributed by atoms with E-state index >= 15 is 0 Å². The van der Waals surface area contributed by atoms with Crippen LogP contribution in [0.15, 0.2) is 29.2 Å². The van der Waals surface area contributed by atoms with Gasteiger partial charge in [-0.25, -0.2) is 13.1 Å². The van der Waals surface area contributed by atoms with Crippen LogP contribution < -0.4 is 4.72 Å². The molecule has 0 aromatic heterocycles. The molecule has 0 unspecified atom stereocenters. The quantitative estimate of drug-likeness (QED) is 0.626. The zero-order valence-electron chi connectivity index (χ0n) is 13.3. The van der Waals surface area contributed by atoms with Gasteiger partial charge in [-0.15, -0.1) is 0 Å². The van der Waals surface area contributed by atoms with Crippen LogP contribution >= 0.6 is 0 Å². The van der Waals surface area contributed by atoms with E-state index < -0.39 is 10.0 Å². The molecule has 0 spiro atoms. The summed E-state index contributed by atoms with van der Waals surface area (Å²) in [4.78, 5) is 0.0667. The lowest BCUT2D eigenvalue weighted by molar-refractivity contribution is 0.559. The Labute approximate surface area is 134 Å². The van der Waals surface area contributed by atoms with E-state index in [1.54, 1.807) is 12.1 Å². The van der Waals surface area contributed by atoms with Gasteiger partial charge in [-0.3, -0.25) is 0 Å². The van der Waals surface area contributed by atoms with Gasteiger partial charge < -0.3 is 0 Å². The fourth-order valence-electron chi connectivity index (χ4n) is 2.34. The first kappa shape index (κ1) is 18.7. The van der Waals surface area contributed by atoms with Gasteiger partial charge in [0, 0.05) is 6.54 Å². The molecule has 0 aliphatic rings. The first-order chi connectivity index (χ1) is 10.6. The highest BCUT2D eigenvalue weighted by Gasteiger charge is 2.17. The molecule has 0 aliphatic heterocycles. The van der Waals surface area contributed by atoms with Crippen LogP contribution in [0.25, 0.3) is 0 Å². The molecular weight excluding hydrogens is 296 g/mol. The Morgan fingerprint density at radius 3 is 2.23 bits per heavy atom. The Balaban J connectivity index is 2.28. The average Bonchev–Trinajstić information content (AvgIpc) is 2.53. The van der Waals surface area contributed by atoms with Gasteiger partial charge in [-0.2, -0.15) is 5.26 Å². The van der Waals surface area contributed by atoms with Crippen molar-refractivity contribution < 1.29 is 8.42 Å². The van der Waals surface area contributed by atoms with E-state index in [0.717, 1.165) is 19.3 Å². The Morgan fingerprint density at radius 2 is 1.59 bits per heavy atom. The van der Waals surface area contributed by atoms with Gasteiger partial charge in [0.25, 0.3) is 0 Å². The van der Waals surface area contributed by atoms with Crippen molar-refractivity contribution in [3.8, 4) is 6.07 Å². The molecular formula is C17H26N2O2S. The van der Waals surface area contributed by atoms with E-state index in [0.29, 0.717) is 6.54 Å². The number of nitrogens with one attached hydrogen (secondary N) is 1. The molecule has 1 N–H and O–H groups in total. The van der Waals surface area contributed by atoms with Crippen LogP contribution in [-0.2, 0) is 10.0 Å². The predicted molar refractivity (Wildman–Crippen MR) is 89.0 cm³/mol. The summed E-state index contributed by atoms with van der Waals surface area (Å²) >= 11 is 0. The fourth-order valence-corrected chi connectivity index (χ4v) is 3.57. The number of nitriles is 1. The minimum atomic E-state index is -3.58. The van der Waals surface area contributed by atoms with Gasteiger partial charge in [0.15, 0.2) is 0 Å².